The van der Waals surface area contributed by atoms with Gasteiger partial charge in [0.1, 0.15) is 0 Å². The Morgan fingerprint density at radius 2 is 1.89 bits per heavy atom. The average molecular weight is 438 g/mol. The molecule has 4 nitrogen and oxygen atoms in total. The van der Waals surface area contributed by atoms with Crippen molar-refractivity contribution in [3.8, 4) is 0 Å². The Morgan fingerprint density at radius 3 is 2.57 bits per heavy atom. The van der Waals surface area contributed by atoms with Gasteiger partial charge in [-0.15, -0.1) is 12.4 Å². The maximum Gasteiger partial charge on any atom is 0.260 e. The highest BCUT2D eigenvalue weighted by Crippen LogP contribution is 2.33. The molecule has 150 valence electrons. The maximum atomic E-state index is 13.2. The molecule has 0 unspecified atom stereocenters. The molecule has 0 saturated carbocycles. The smallest absolute Gasteiger partial charge is 0.260 e. The lowest BCUT2D eigenvalue weighted by Crippen LogP contribution is -2.33. The van der Waals surface area contributed by atoms with Crippen LogP contribution in [-0.4, -0.2) is 43.0 Å². The summed E-state index contributed by atoms with van der Waals surface area (Å²) in [6, 6.07) is 11.3. The summed E-state index contributed by atoms with van der Waals surface area (Å²) in [7, 11) is 4.07. The first kappa shape index (κ1) is 22.6. The predicted octanol–water partition coefficient (Wildman–Crippen LogP) is 5.59. The van der Waals surface area contributed by atoms with Gasteiger partial charge in [-0.1, -0.05) is 35.1 Å². The van der Waals surface area contributed by atoms with Gasteiger partial charge < -0.3 is 4.90 Å². The fourth-order valence-corrected chi connectivity index (χ4v) is 4.32. The topological polar surface area (TPSA) is 36.4 Å². The fourth-order valence-electron chi connectivity index (χ4n) is 3.09. The first-order valence-corrected chi connectivity index (χ1v) is 10.1. The van der Waals surface area contributed by atoms with E-state index in [0.717, 1.165) is 28.3 Å². The van der Waals surface area contributed by atoms with Gasteiger partial charge in [-0.2, -0.15) is 0 Å². The molecule has 7 heteroatoms. The number of aromatic nitrogens is 1. The predicted molar refractivity (Wildman–Crippen MR) is 123 cm³/mol. The Bertz CT molecular complexity index is 971. The number of halogens is 2. The standard InChI is InChI=1S/C21H24ClN3OS.ClH/c1-14-11-15(2)19-18(12-14)23-21(27-19)25(10-6-9-24(3)4)20(26)16-7-5-8-17(22)13-16;/h5,7-8,11-13H,6,9-10H2,1-4H3;1H. The van der Waals surface area contributed by atoms with E-state index in [1.165, 1.54) is 11.1 Å². The monoisotopic (exact) mass is 437 g/mol. The summed E-state index contributed by atoms with van der Waals surface area (Å²) >= 11 is 7.67. The van der Waals surface area contributed by atoms with Crippen molar-refractivity contribution in [2.75, 3.05) is 32.1 Å². The lowest BCUT2D eigenvalue weighted by Gasteiger charge is -2.21. The number of nitrogens with zero attached hydrogens (tertiary/aromatic N) is 3. The first-order valence-electron chi connectivity index (χ1n) is 8.95. The third kappa shape index (κ3) is 5.23. The van der Waals surface area contributed by atoms with Gasteiger partial charge in [0.25, 0.3) is 5.91 Å². The summed E-state index contributed by atoms with van der Waals surface area (Å²) in [5.74, 6) is -0.0651. The number of fused-ring (bicyclic) bond motifs is 1. The molecule has 0 aliphatic rings. The largest absolute Gasteiger partial charge is 0.309 e. The molecule has 1 heterocycles. The Labute approximate surface area is 181 Å². The molecule has 0 saturated heterocycles. The number of amides is 1. The van der Waals surface area contributed by atoms with Gasteiger partial charge in [0, 0.05) is 17.1 Å². The minimum atomic E-state index is -0.0651. The maximum absolute atomic E-state index is 13.2. The van der Waals surface area contributed by atoms with Crippen molar-refractivity contribution in [3.05, 3.63) is 58.1 Å². The SMILES string of the molecule is Cc1cc(C)c2sc(N(CCCN(C)C)C(=O)c3cccc(Cl)c3)nc2c1.Cl. The first-order chi connectivity index (χ1) is 12.8. The molecule has 3 aromatic rings. The number of carbonyl (C=O) groups excluding carboxylic acids is 1. The highest BCUT2D eigenvalue weighted by atomic mass is 35.5. The molecular weight excluding hydrogens is 413 g/mol. The quantitative estimate of drug-likeness (QED) is 0.504. The third-order valence-electron chi connectivity index (χ3n) is 4.34. The van der Waals surface area contributed by atoms with Crippen LogP contribution in [0.2, 0.25) is 5.02 Å². The van der Waals surface area contributed by atoms with Crippen molar-refractivity contribution in [2.45, 2.75) is 20.3 Å². The zero-order chi connectivity index (χ0) is 19.6. The van der Waals surface area contributed by atoms with Gasteiger partial charge in [0.2, 0.25) is 0 Å². The van der Waals surface area contributed by atoms with Crippen LogP contribution >= 0.6 is 35.3 Å². The zero-order valence-corrected chi connectivity index (χ0v) is 18.9. The second-order valence-electron chi connectivity index (χ2n) is 7.05. The third-order valence-corrected chi connectivity index (χ3v) is 5.81. The van der Waals surface area contributed by atoms with Crippen LogP contribution < -0.4 is 4.90 Å². The molecule has 2 aromatic carbocycles. The van der Waals surface area contributed by atoms with E-state index < -0.39 is 0 Å². The molecule has 0 aliphatic carbocycles. The van der Waals surface area contributed by atoms with Crippen molar-refractivity contribution < 1.29 is 4.79 Å². The number of hydrogen-bond acceptors (Lipinski definition) is 4. The molecule has 0 spiro atoms. The highest BCUT2D eigenvalue weighted by molar-refractivity contribution is 7.22. The lowest BCUT2D eigenvalue weighted by molar-refractivity contribution is 0.0986. The zero-order valence-electron chi connectivity index (χ0n) is 16.5. The molecule has 0 fully saturated rings. The molecule has 3 rings (SSSR count). The normalized spacial score (nSPS) is 10.9. The van der Waals surface area contributed by atoms with Crippen molar-refractivity contribution in [1.82, 2.24) is 9.88 Å². The number of hydrogen-bond donors (Lipinski definition) is 0. The number of carbonyl (C=O) groups is 1. The van der Waals surface area contributed by atoms with E-state index in [0.29, 0.717) is 17.1 Å². The van der Waals surface area contributed by atoms with Gasteiger partial charge in [-0.25, -0.2) is 4.98 Å². The van der Waals surface area contributed by atoms with E-state index in [1.54, 1.807) is 40.5 Å². The second-order valence-corrected chi connectivity index (χ2v) is 8.46. The number of aryl methyl sites for hydroxylation is 2. The van der Waals surface area contributed by atoms with Crippen LogP contribution in [0.3, 0.4) is 0 Å². The number of thiazole rings is 1. The summed E-state index contributed by atoms with van der Waals surface area (Å²) in [5.41, 5.74) is 3.90. The molecule has 0 aliphatic heterocycles. The van der Waals surface area contributed by atoms with E-state index >= 15 is 0 Å². The van der Waals surface area contributed by atoms with Crippen molar-refractivity contribution in [3.63, 3.8) is 0 Å². The van der Waals surface area contributed by atoms with Crippen LogP contribution in [0.4, 0.5) is 5.13 Å². The fraction of sp³-hybridized carbons (Fsp3) is 0.333. The molecular formula is C21H25Cl2N3OS. The Kier molecular flexibility index (Phi) is 7.84. The van der Waals surface area contributed by atoms with Gasteiger partial charge in [-0.05, 0) is 76.3 Å². The summed E-state index contributed by atoms with van der Waals surface area (Å²) in [6.45, 7) is 5.67. The van der Waals surface area contributed by atoms with Gasteiger partial charge in [0.15, 0.2) is 5.13 Å². The van der Waals surface area contributed by atoms with Crippen molar-refractivity contribution >= 4 is 56.6 Å². The molecule has 0 atom stereocenters. The van der Waals surface area contributed by atoms with Crippen LogP contribution in [0.25, 0.3) is 10.2 Å². The minimum Gasteiger partial charge on any atom is -0.309 e. The second kappa shape index (κ2) is 9.70. The van der Waals surface area contributed by atoms with Gasteiger partial charge >= 0.3 is 0 Å². The van der Waals surface area contributed by atoms with Gasteiger partial charge in [0.05, 0.1) is 10.2 Å². The van der Waals surface area contributed by atoms with Crippen LogP contribution in [0.5, 0.6) is 0 Å². The van der Waals surface area contributed by atoms with Crippen LogP contribution in [0.15, 0.2) is 36.4 Å². The molecule has 1 amide bonds. The number of rotatable bonds is 6. The highest BCUT2D eigenvalue weighted by Gasteiger charge is 2.22. The summed E-state index contributed by atoms with van der Waals surface area (Å²) in [4.78, 5) is 21.9. The molecule has 0 bridgehead atoms. The summed E-state index contributed by atoms with van der Waals surface area (Å²) < 4.78 is 1.13. The molecule has 1 aromatic heterocycles. The van der Waals surface area contributed by atoms with Crippen LogP contribution in [-0.2, 0) is 0 Å². The summed E-state index contributed by atoms with van der Waals surface area (Å²) in [5, 5.41) is 1.30. The van der Waals surface area contributed by atoms with Crippen LogP contribution in [0, 0.1) is 13.8 Å². The average Bonchev–Trinajstić information content (AvgIpc) is 3.02. The van der Waals surface area contributed by atoms with E-state index in [2.05, 4.69) is 30.9 Å². The number of anilines is 1. The van der Waals surface area contributed by atoms with E-state index in [9.17, 15) is 4.79 Å². The Morgan fingerprint density at radius 1 is 1.14 bits per heavy atom. The lowest BCUT2D eigenvalue weighted by atomic mass is 10.1. The summed E-state index contributed by atoms with van der Waals surface area (Å²) in [6.07, 6.45) is 0.868. The van der Waals surface area contributed by atoms with Crippen molar-refractivity contribution in [1.29, 1.82) is 0 Å². The van der Waals surface area contributed by atoms with E-state index in [-0.39, 0.29) is 18.3 Å². The van der Waals surface area contributed by atoms with E-state index in [1.807, 2.05) is 14.1 Å². The van der Waals surface area contributed by atoms with Gasteiger partial charge in [-0.3, -0.25) is 9.69 Å². The Hall–Kier alpha value is -1.66. The van der Waals surface area contributed by atoms with E-state index in [4.69, 9.17) is 16.6 Å². The van der Waals surface area contributed by atoms with Crippen LogP contribution in [0.1, 0.15) is 27.9 Å². The molecule has 0 radical (unpaired) electrons. The minimum absolute atomic E-state index is 0. The van der Waals surface area contributed by atoms with Crippen molar-refractivity contribution in [2.24, 2.45) is 0 Å². The Balaban J connectivity index is 0.00000280. The molecule has 28 heavy (non-hydrogen) atoms. The molecule has 0 N–H and O–H groups in total. The number of benzene rings is 2.